The normalized spacial score (nSPS) is 15.1. The number of aliphatic imine (C=N–C) groups is 1. The van der Waals surface area contributed by atoms with Crippen LogP contribution in [0.2, 0.25) is 0 Å². The Labute approximate surface area is 254 Å². The number of ether oxygens (including phenoxy) is 1. The fraction of sp³-hybridized carbons (Fsp3) is 0.161. The molecule has 0 bridgehead atoms. The smallest absolute Gasteiger partial charge is 0.412 e. The van der Waals surface area contributed by atoms with Crippen LogP contribution in [0.15, 0.2) is 77.9 Å². The van der Waals surface area contributed by atoms with Gasteiger partial charge in [0, 0.05) is 0 Å². The zero-order valence-corrected chi connectivity index (χ0v) is 23.6. The molecule has 228 valence electrons. The zero-order chi connectivity index (χ0) is 31.9. The van der Waals surface area contributed by atoms with Gasteiger partial charge in [0.2, 0.25) is 0 Å². The summed E-state index contributed by atoms with van der Waals surface area (Å²) in [5, 5.41) is 2.40. The average molecular weight is 616 g/mol. The number of carbonyl (C=O) groups is 3. The number of anilines is 1. The van der Waals surface area contributed by atoms with Crippen LogP contribution in [-0.4, -0.2) is 50.7 Å². The zero-order valence-electron chi connectivity index (χ0n) is 23.6. The number of hydrogen-bond acceptors (Lipinski definition) is 8. The number of guanidine groups is 1. The van der Waals surface area contributed by atoms with Gasteiger partial charge in [-0.2, -0.15) is 0 Å². The molecule has 0 aliphatic carbocycles. The van der Waals surface area contributed by atoms with Crippen molar-refractivity contribution >= 4 is 29.7 Å². The molecular weight excluding hydrogens is 591 g/mol. The molecule has 0 atom stereocenters. The van der Waals surface area contributed by atoms with Crippen molar-refractivity contribution in [1.29, 1.82) is 0 Å². The lowest BCUT2D eigenvalue weighted by molar-refractivity contribution is -0.130. The van der Waals surface area contributed by atoms with Gasteiger partial charge in [-0.25, -0.2) is 27.9 Å². The molecule has 3 aromatic carbocycles. The van der Waals surface area contributed by atoms with E-state index in [0.29, 0.717) is 28.1 Å². The molecule has 3 heterocycles. The van der Waals surface area contributed by atoms with Gasteiger partial charge in [0.05, 0.1) is 49.9 Å². The molecule has 2 aliphatic rings. The Morgan fingerprint density at radius 2 is 1.58 bits per heavy atom. The second kappa shape index (κ2) is 11.4. The standard InChI is InChI=1S/C31H24F3N7O4/c1-45-30(44)38-26-13-36-24-15-40(16-25(24)37-26)27(42)22-12-17(2-11-23(22)34)14-41-28(43)31(39-29(41)35,18-3-7-20(32)8-4-18)19-5-9-21(33)10-6-19/h2-13H,14-16H2,1H3,(H2,35,39)(H,37,38,44). The van der Waals surface area contributed by atoms with Crippen molar-refractivity contribution in [2.24, 2.45) is 10.7 Å². The van der Waals surface area contributed by atoms with Gasteiger partial charge in [0.25, 0.3) is 11.8 Å². The number of hydrogen-bond donors (Lipinski definition) is 2. The largest absolute Gasteiger partial charge is 0.453 e. The number of nitrogens with zero attached hydrogens (tertiary/aromatic N) is 5. The molecule has 0 saturated heterocycles. The topological polar surface area (TPSA) is 143 Å². The van der Waals surface area contributed by atoms with Crippen LogP contribution in [0.1, 0.15) is 38.4 Å². The first-order valence-electron chi connectivity index (χ1n) is 13.6. The lowest BCUT2D eigenvalue weighted by Crippen LogP contribution is -2.43. The molecule has 11 nitrogen and oxygen atoms in total. The number of benzene rings is 3. The van der Waals surface area contributed by atoms with Crippen LogP contribution in [0.5, 0.6) is 0 Å². The first-order chi connectivity index (χ1) is 21.6. The Morgan fingerprint density at radius 3 is 2.20 bits per heavy atom. The number of amides is 3. The summed E-state index contributed by atoms with van der Waals surface area (Å²) in [5.74, 6) is -3.11. The van der Waals surface area contributed by atoms with E-state index in [-0.39, 0.29) is 37.0 Å². The Bertz CT molecular complexity index is 1820. The minimum Gasteiger partial charge on any atom is -0.453 e. The molecule has 0 radical (unpaired) electrons. The van der Waals surface area contributed by atoms with E-state index < -0.39 is 40.9 Å². The van der Waals surface area contributed by atoms with E-state index in [0.717, 1.165) is 6.07 Å². The first-order valence-corrected chi connectivity index (χ1v) is 13.6. The number of aromatic nitrogens is 2. The highest BCUT2D eigenvalue weighted by Gasteiger charge is 2.50. The van der Waals surface area contributed by atoms with Gasteiger partial charge in [0.1, 0.15) is 17.5 Å². The van der Waals surface area contributed by atoms with Crippen LogP contribution < -0.4 is 11.1 Å². The minimum absolute atomic E-state index is 0.0175. The van der Waals surface area contributed by atoms with Crippen LogP contribution in [0.4, 0.5) is 23.8 Å². The Morgan fingerprint density at radius 1 is 0.956 bits per heavy atom. The lowest BCUT2D eigenvalue weighted by Gasteiger charge is -2.27. The van der Waals surface area contributed by atoms with E-state index in [2.05, 4.69) is 25.0 Å². The molecule has 3 N–H and O–H groups in total. The van der Waals surface area contributed by atoms with E-state index in [1.807, 2.05) is 0 Å². The number of nitrogens with one attached hydrogen (secondary N) is 1. The number of halogens is 3. The second-order valence-corrected chi connectivity index (χ2v) is 10.3. The van der Waals surface area contributed by atoms with E-state index in [1.54, 1.807) is 0 Å². The summed E-state index contributed by atoms with van der Waals surface area (Å²) in [7, 11) is 1.20. The van der Waals surface area contributed by atoms with Crippen molar-refractivity contribution < 1.29 is 32.3 Å². The highest BCUT2D eigenvalue weighted by atomic mass is 19.1. The fourth-order valence-electron chi connectivity index (χ4n) is 5.33. The van der Waals surface area contributed by atoms with Gasteiger partial charge in [-0.15, -0.1) is 0 Å². The highest BCUT2D eigenvalue weighted by Crippen LogP contribution is 2.40. The first kappa shape index (κ1) is 29.3. The van der Waals surface area contributed by atoms with Crippen LogP contribution in [0.25, 0.3) is 0 Å². The van der Waals surface area contributed by atoms with E-state index in [1.165, 1.54) is 83.8 Å². The molecular formula is C31H24F3N7O4. The average Bonchev–Trinajstić information content (AvgIpc) is 3.57. The summed E-state index contributed by atoms with van der Waals surface area (Å²) in [5.41, 5.74) is 6.19. The Hall–Kier alpha value is -5.79. The summed E-state index contributed by atoms with van der Waals surface area (Å²) < 4.78 is 47.2. The van der Waals surface area contributed by atoms with Gasteiger partial charge in [-0.1, -0.05) is 30.3 Å². The maximum Gasteiger partial charge on any atom is 0.412 e. The third kappa shape index (κ3) is 5.30. The van der Waals surface area contributed by atoms with Crippen LogP contribution in [0.3, 0.4) is 0 Å². The maximum atomic E-state index is 15.0. The van der Waals surface area contributed by atoms with Crippen LogP contribution >= 0.6 is 0 Å². The molecule has 45 heavy (non-hydrogen) atoms. The molecule has 14 heteroatoms. The number of methoxy groups -OCH3 is 1. The van der Waals surface area contributed by atoms with Crippen LogP contribution in [0, 0.1) is 17.5 Å². The number of nitrogens with two attached hydrogens (primary N) is 1. The molecule has 4 aromatic rings. The fourth-order valence-corrected chi connectivity index (χ4v) is 5.33. The van der Waals surface area contributed by atoms with Crippen molar-refractivity contribution in [3.63, 3.8) is 0 Å². The maximum absolute atomic E-state index is 15.0. The Balaban J connectivity index is 1.26. The van der Waals surface area contributed by atoms with Crippen LogP contribution in [-0.2, 0) is 34.7 Å². The van der Waals surface area contributed by atoms with Crippen molar-refractivity contribution in [2.45, 2.75) is 25.2 Å². The summed E-state index contributed by atoms with van der Waals surface area (Å²) in [6.07, 6.45) is 0.589. The molecule has 0 fully saturated rings. The van der Waals surface area contributed by atoms with E-state index in [4.69, 9.17) is 5.73 Å². The van der Waals surface area contributed by atoms with Gasteiger partial charge in [0.15, 0.2) is 17.3 Å². The predicted octanol–water partition coefficient (Wildman–Crippen LogP) is 3.83. The summed E-state index contributed by atoms with van der Waals surface area (Å²) in [6, 6.07) is 14.2. The minimum atomic E-state index is -1.73. The Kier molecular flexibility index (Phi) is 7.40. The molecule has 2 aliphatic heterocycles. The van der Waals surface area contributed by atoms with Crippen molar-refractivity contribution in [3.8, 4) is 0 Å². The molecule has 0 spiro atoms. The van der Waals surface area contributed by atoms with E-state index >= 15 is 4.39 Å². The van der Waals surface area contributed by atoms with Gasteiger partial charge >= 0.3 is 6.09 Å². The predicted molar refractivity (Wildman–Crippen MR) is 154 cm³/mol. The highest BCUT2D eigenvalue weighted by molar-refractivity contribution is 6.09. The SMILES string of the molecule is COC(=O)Nc1cnc2c(n1)CN(C(=O)c1cc(CN3C(=O)C(c4ccc(F)cc4)(c4ccc(F)cc4)N=C3N)ccc1F)C2. The van der Waals surface area contributed by atoms with E-state index in [9.17, 15) is 23.2 Å². The third-order valence-corrected chi connectivity index (χ3v) is 7.55. The van der Waals surface area contributed by atoms with Crippen molar-refractivity contribution in [2.75, 3.05) is 12.4 Å². The summed E-state index contributed by atoms with van der Waals surface area (Å²) in [4.78, 5) is 54.6. The molecule has 3 amide bonds. The van der Waals surface area contributed by atoms with Crippen molar-refractivity contribution in [3.05, 3.63) is 124 Å². The third-order valence-electron chi connectivity index (χ3n) is 7.55. The molecule has 1 aromatic heterocycles. The summed E-state index contributed by atoms with van der Waals surface area (Å²) in [6.45, 7) is -0.0974. The lowest BCUT2D eigenvalue weighted by atomic mass is 9.82. The summed E-state index contributed by atoms with van der Waals surface area (Å²) >= 11 is 0. The molecule has 0 saturated carbocycles. The number of rotatable bonds is 6. The molecule has 6 rings (SSSR count). The van der Waals surface area contributed by atoms with Crippen molar-refractivity contribution in [1.82, 2.24) is 19.8 Å². The van der Waals surface area contributed by atoms with Gasteiger partial charge < -0.3 is 15.4 Å². The second-order valence-electron chi connectivity index (χ2n) is 10.3. The van der Waals surface area contributed by atoms with Gasteiger partial charge in [-0.3, -0.25) is 24.8 Å². The molecule has 0 unspecified atom stereocenters. The number of fused-ring (bicyclic) bond motifs is 1. The quantitative estimate of drug-likeness (QED) is 0.336. The number of carbonyl (C=O) groups excluding carboxylic acids is 3. The van der Waals surface area contributed by atoms with Gasteiger partial charge in [-0.05, 0) is 53.1 Å². The monoisotopic (exact) mass is 615 g/mol.